The van der Waals surface area contributed by atoms with E-state index in [4.69, 9.17) is 4.74 Å². The quantitative estimate of drug-likeness (QED) is 0.572. The molecule has 0 saturated heterocycles. The molecule has 0 aromatic carbocycles. The average Bonchev–Trinajstić information content (AvgIpc) is 3.01. The highest BCUT2D eigenvalue weighted by Crippen LogP contribution is 2.34. The molecule has 0 radical (unpaired) electrons. The Hall–Kier alpha value is -1.85. The van der Waals surface area contributed by atoms with Gasteiger partial charge in [-0.05, 0) is 12.8 Å². The molecule has 1 saturated carbocycles. The van der Waals surface area contributed by atoms with Gasteiger partial charge in [-0.1, -0.05) is 0 Å². The summed E-state index contributed by atoms with van der Waals surface area (Å²) < 4.78 is 5.60. The lowest BCUT2D eigenvalue weighted by Crippen LogP contribution is -2.13. The minimum absolute atomic E-state index is 0.0405. The molecule has 0 amide bonds. The van der Waals surface area contributed by atoms with Crippen molar-refractivity contribution >= 4 is 11.5 Å². The Morgan fingerprint density at radius 3 is 2.75 bits per heavy atom. The Morgan fingerprint density at radius 1 is 1.56 bits per heavy atom. The minimum atomic E-state index is -0.466. The maximum absolute atomic E-state index is 10.6. The number of nitro groups is 1. The monoisotopic (exact) mass is 223 g/mol. The zero-order chi connectivity index (χ0) is 11.7. The smallest absolute Gasteiger partial charge is 0.291 e. The fourth-order valence-corrected chi connectivity index (χ4v) is 1.31. The lowest BCUT2D eigenvalue weighted by Gasteiger charge is -2.15. The molecule has 1 aromatic heterocycles. The van der Waals surface area contributed by atoms with E-state index < -0.39 is 4.92 Å². The van der Waals surface area contributed by atoms with Crippen LogP contribution < -0.4 is 9.64 Å². The summed E-state index contributed by atoms with van der Waals surface area (Å²) >= 11 is 0. The van der Waals surface area contributed by atoms with Crippen molar-refractivity contribution in [3.05, 3.63) is 22.4 Å². The van der Waals surface area contributed by atoms with E-state index in [0.29, 0.717) is 11.6 Å². The number of rotatable bonds is 4. The summed E-state index contributed by atoms with van der Waals surface area (Å²) in [6, 6.07) is 1.43. The summed E-state index contributed by atoms with van der Waals surface area (Å²) in [5.74, 6) is 1.11. The topological polar surface area (TPSA) is 68.5 Å². The Labute approximate surface area is 93.0 Å². The number of aromatic nitrogens is 1. The molecular weight excluding hydrogens is 210 g/mol. The Kier molecular flexibility index (Phi) is 2.64. The Morgan fingerprint density at radius 2 is 2.25 bits per heavy atom. The molecule has 1 aliphatic rings. The second kappa shape index (κ2) is 3.96. The van der Waals surface area contributed by atoms with Gasteiger partial charge >= 0.3 is 0 Å². The van der Waals surface area contributed by atoms with Gasteiger partial charge in [-0.2, -0.15) is 0 Å². The van der Waals surface area contributed by atoms with Gasteiger partial charge in [0.2, 0.25) is 0 Å². The summed E-state index contributed by atoms with van der Waals surface area (Å²) in [5, 5.41) is 10.6. The summed E-state index contributed by atoms with van der Waals surface area (Å²) in [6.45, 7) is 0. The van der Waals surface area contributed by atoms with Crippen LogP contribution in [-0.2, 0) is 0 Å². The first-order chi connectivity index (χ1) is 7.58. The Bertz CT molecular complexity index is 416. The van der Waals surface area contributed by atoms with Gasteiger partial charge in [-0.3, -0.25) is 10.1 Å². The molecule has 0 atom stereocenters. The second-order valence-corrected chi connectivity index (χ2v) is 3.98. The van der Waals surface area contributed by atoms with Crippen molar-refractivity contribution in [2.45, 2.75) is 18.9 Å². The minimum Gasteiger partial charge on any atom is -0.486 e. The molecule has 0 N–H and O–H groups in total. The SMILES string of the molecule is CN(C)c1ncc([N+](=O)[O-])cc1OC1CC1. The van der Waals surface area contributed by atoms with E-state index in [1.807, 2.05) is 14.1 Å². The third kappa shape index (κ3) is 2.21. The van der Waals surface area contributed by atoms with Crippen LogP contribution in [0.4, 0.5) is 11.5 Å². The van der Waals surface area contributed by atoms with Crippen molar-refractivity contribution in [3.8, 4) is 5.75 Å². The lowest BCUT2D eigenvalue weighted by molar-refractivity contribution is -0.385. The molecule has 0 aliphatic heterocycles. The Balaban J connectivity index is 2.33. The number of hydrogen-bond acceptors (Lipinski definition) is 5. The number of hydrogen-bond donors (Lipinski definition) is 0. The van der Waals surface area contributed by atoms with Crippen molar-refractivity contribution in [1.82, 2.24) is 4.98 Å². The van der Waals surface area contributed by atoms with E-state index in [9.17, 15) is 10.1 Å². The third-order valence-corrected chi connectivity index (χ3v) is 2.27. The first-order valence-corrected chi connectivity index (χ1v) is 5.06. The highest BCUT2D eigenvalue weighted by molar-refractivity contribution is 5.55. The summed E-state index contributed by atoms with van der Waals surface area (Å²) in [6.07, 6.45) is 3.46. The highest BCUT2D eigenvalue weighted by atomic mass is 16.6. The van der Waals surface area contributed by atoms with Crippen LogP contribution in [0.1, 0.15) is 12.8 Å². The molecule has 0 bridgehead atoms. The number of anilines is 1. The average molecular weight is 223 g/mol. The molecule has 1 aliphatic carbocycles. The highest BCUT2D eigenvalue weighted by Gasteiger charge is 2.26. The van der Waals surface area contributed by atoms with E-state index in [1.165, 1.54) is 12.3 Å². The molecule has 86 valence electrons. The van der Waals surface area contributed by atoms with Crippen LogP contribution in [0, 0.1) is 10.1 Å². The van der Waals surface area contributed by atoms with Crippen LogP contribution in [-0.4, -0.2) is 30.1 Å². The van der Waals surface area contributed by atoms with Gasteiger partial charge in [0, 0.05) is 14.1 Å². The number of ether oxygens (including phenoxy) is 1. The first kappa shape index (κ1) is 10.7. The molecular formula is C10H13N3O3. The molecule has 2 rings (SSSR count). The third-order valence-electron chi connectivity index (χ3n) is 2.27. The fourth-order valence-electron chi connectivity index (χ4n) is 1.31. The van der Waals surface area contributed by atoms with Crippen molar-refractivity contribution in [2.24, 2.45) is 0 Å². The number of nitrogens with zero attached hydrogens (tertiary/aromatic N) is 3. The van der Waals surface area contributed by atoms with Gasteiger partial charge in [0.25, 0.3) is 5.69 Å². The lowest BCUT2D eigenvalue weighted by atomic mass is 10.3. The van der Waals surface area contributed by atoms with Crippen molar-refractivity contribution in [1.29, 1.82) is 0 Å². The van der Waals surface area contributed by atoms with Gasteiger partial charge in [0.15, 0.2) is 11.6 Å². The summed E-state index contributed by atoms with van der Waals surface area (Å²) in [5.41, 5.74) is -0.0405. The predicted molar refractivity (Wildman–Crippen MR) is 58.9 cm³/mol. The van der Waals surface area contributed by atoms with Crippen molar-refractivity contribution in [3.63, 3.8) is 0 Å². The fraction of sp³-hybridized carbons (Fsp3) is 0.500. The molecule has 1 fully saturated rings. The van der Waals surface area contributed by atoms with Gasteiger partial charge < -0.3 is 9.64 Å². The summed E-state index contributed by atoms with van der Waals surface area (Å²) in [7, 11) is 3.65. The van der Waals surface area contributed by atoms with Gasteiger partial charge in [0.1, 0.15) is 6.20 Å². The normalized spacial score (nSPS) is 14.6. The molecule has 16 heavy (non-hydrogen) atoms. The molecule has 1 heterocycles. The largest absolute Gasteiger partial charge is 0.486 e. The molecule has 6 nitrogen and oxygen atoms in total. The summed E-state index contributed by atoms with van der Waals surface area (Å²) in [4.78, 5) is 16.0. The predicted octanol–water partition coefficient (Wildman–Crippen LogP) is 1.60. The van der Waals surface area contributed by atoms with Crippen LogP contribution in [0.2, 0.25) is 0 Å². The van der Waals surface area contributed by atoms with Crippen LogP contribution in [0.15, 0.2) is 12.3 Å². The van der Waals surface area contributed by atoms with E-state index in [1.54, 1.807) is 4.90 Å². The second-order valence-electron chi connectivity index (χ2n) is 3.98. The molecule has 1 aromatic rings. The molecule has 6 heteroatoms. The van der Waals surface area contributed by atoms with Gasteiger partial charge in [0.05, 0.1) is 17.1 Å². The molecule has 0 unspecified atom stereocenters. The number of pyridine rings is 1. The first-order valence-electron chi connectivity index (χ1n) is 5.06. The zero-order valence-electron chi connectivity index (χ0n) is 9.21. The molecule has 0 spiro atoms. The standard InChI is InChI=1S/C10H13N3O3/c1-12(2)10-9(16-8-3-4-8)5-7(6-11-10)13(14)15/h5-6,8H,3-4H2,1-2H3. The maximum atomic E-state index is 10.6. The van der Waals surface area contributed by atoms with Crippen LogP contribution in [0.5, 0.6) is 5.75 Å². The van der Waals surface area contributed by atoms with E-state index >= 15 is 0 Å². The van der Waals surface area contributed by atoms with Gasteiger partial charge in [-0.25, -0.2) is 4.98 Å². The van der Waals surface area contributed by atoms with Gasteiger partial charge in [-0.15, -0.1) is 0 Å². The van der Waals surface area contributed by atoms with E-state index in [0.717, 1.165) is 12.8 Å². The van der Waals surface area contributed by atoms with Crippen molar-refractivity contribution in [2.75, 3.05) is 19.0 Å². The maximum Gasteiger partial charge on any atom is 0.291 e. The van der Waals surface area contributed by atoms with Crippen molar-refractivity contribution < 1.29 is 9.66 Å². The van der Waals surface area contributed by atoms with Crippen LogP contribution in [0.25, 0.3) is 0 Å². The van der Waals surface area contributed by atoms with Crippen LogP contribution >= 0.6 is 0 Å². The van der Waals surface area contributed by atoms with E-state index in [2.05, 4.69) is 4.98 Å². The van der Waals surface area contributed by atoms with Crippen LogP contribution in [0.3, 0.4) is 0 Å². The zero-order valence-corrected chi connectivity index (χ0v) is 9.21. The van der Waals surface area contributed by atoms with E-state index in [-0.39, 0.29) is 11.8 Å².